The van der Waals surface area contributed by atoms with Crippen LogP contribution in [-0.2, 0) is 13.0 Å². The lowest BCUT2D eigenvalue weighted by atomic mass is 10.1. The quantitative estimate of drug-likeness (QED) is 0.873. The van der Waals surface area contributed by atoms with Gasteiger partial charge in [0.2, 0.25) is 0 Å². The first-order valence-electron chi connectivity index (χ1n) is 6.80. The molecule has 0 aliphatic heterocycles. The molecule has 0 bridgehead atoms. The number of carbonyl (C=O) groups excluding carboxylic acids is 1. The molecule has 0 aliphatic carbocycles. The fraction of sp³-hybridized carbons (Fsp3) is 0.333. The summed E-state index contributed by atoms with van der Waals surface area (Å²) >= 11 is 13.8. The number of carbonyl (C=O) groups is 1. The molecule has 1 N–H and O–H groups in total. The van der Waals surface area contributed by atoms with Gasteiger partial charge in [-0.3, -0.25) is 0 Å². The first-order chi connectivity index (χ1) is 10.5. The third-order valence-electron chi connectivity index (χ3n) is 3.13. The Kier molecular flexibility index (Phi) is 6.06. The first kappa shape index (κ1) is 17.1. The maximum Gasteiger partial charge on any atom is 0.317 e. The molecule has 2 rings (SSSR count). The standard InChI is InChI=1S/C15H17Cl2N3OS/c1-10-19-11(9-22-10)8-20(2)15(21)18-7-6-12-13(16)4-3-5-14(12)17/h3-5,9H,6-8H2,1-2H3,(H,18,21). The van der Waals surface area contributed by atoms with E-state index in [4.69, 9.17) is 23.2 Å². The van der Waals surface area contributed by atoms with Gasteiger partial charge in [0.05, 0.1) is 17.2 Å². The third kappa shape index (κ3) is 4.60. The summed E-state index contributed by atoms with van der Waals surface area (Å²) in [5, 5.41) is 7.05. The maximum absolute atomic E-state index is 12.0. The molecule has 0 fully saturated rings. The minimum Gasteiger partial charge on any atom is -0.338 e. The number of aryl methyl sites for hydroxylation is 1. The van der Waals surface area contributed by atoms with Crippen LogP contribution in [0.25, 0.3) is 0 Å². The van der Waals surface area contributed by atoms with E-state index in [1.807, 2.05) is 12.3 Å². The molecule has 4 nitrogen and oxygen atoms in total. The molecule has 1 aromatic heterocycles. The lowest BCUT2D eigenvalue weighted by molar-refractivity contribution is 0.206. The zero-order chi connectivity index (χ0) is 16.1. The van der Waals surface area contributed by atoms with Gasteiger partial charge >= 0.3 is 6.03 Å². The zero-order valence-electron chi connectivity index (χ0n) is 12.4. The molecule has 22 heavy (non-hydrogen) atoms. The van der Waals surface area contributed by atoms with Crippen LogP contribution in [0.4, 0.5) is 4.79 Å². The van der Waals surface area contributed by atoms with E-state index in [1.165, 1.54) is 0 Å². The molecule has 0 unspecified atom stereocenters. The molecule has 7 heteroatoms. The number of amides is 2. The predicted molar refractivity (Wildman–Crippen MR) is 91.9 cm³/mol. The molecule has 118 valence electrons. The second kappa shape index (κ2) is 7.81. The highest BCUT2D eigenvalue weighted by Gasteiger charge is 2.11. The number of aromatic nitrogens is 1. The van der Waals surface area contributed by atoms with Crippen LogP contribution in [0.5, 0.6) is 0 Å². The number of hydrogen-bond donors (Lipinski definition) is 1. The van der Waals surface area contributed by atoms with E-state index in [0.717, 1.165) is 16.3 Å². The van der Waals surface area contributed by atoms with Gasteiger partial charge in [0.25, 0.3) is 0 Å². The number of thiazole rings is 1. The van der Waals surface area contributed by atoms with Crippen molar-refractivity contribution < 1.29 is 4.79 Å². The smallest absolute Gasteiger partial charge is 0.317 e. The van der Waals surface area contributed by atoms with Gasteiger partial charge in [0, 0.05) is 29.0 Å². The molecule has 1 heterocycles. The van der Waals surface area contributed by atoms with E-state index in [0.29, 0.717) is 29.6 Å². The summed E-state index contributed by atoms with van der Waals surface area (Å²) in [6.45, 7) is 2.91. The van der Waals surface area contributed by atoms with Crippen LogP contribution in [0, 0.1) is 6.92 Å². The fourth-order valence-electron chi connectivity index (χ4n) is 2.00. The Labute approximate surface area is 144 Å². The van der Waals surface area contributed by atoms with Gasteiger partial charge in [-0.2, -0.15) is 0 Å². The summed E-state index contributed by atoms with van der Waals surface area (Å²) in [6.07, 6.45) is 0.591. The van der Waals surface area contributed by atoms with Crippen molar-refractivity contribution in [3.8, 4) is 0 Å². The van der Waals surface area contributed by atoms with Gasteiger partial charge in [-0.1, -0.05) is 29.3 Å². The van der Waals surface area contributed by atoms with Crippen LogP contribution in [0.1, 0.15) is 16.3 Å². The molecule has 1 aromatic carbocycles. The van der Waals surface area contributed by atoms with Crippen molar-refractivity contribution in [3.63, 3.8) is 0 Å². The van der Waals surface area contributed by atoms with E-state index in [2.05, 4.69) is 10.3 Å². The van der Waals surface area contributed by atoms with E-state index in [-0.39, 0.29) is 6.03 Å². The molecular formula is C15H17Cl2N3OS. The van der Waals surface area contributed by atoms with Crippen molar-refractivity contribution in [2.24, 2.45) is 0 Å². The van der Waals surface area contributed by atoms with Crippen LogP contribution < -0.4 is 5.32 Å². The van der Waals surface area contributed by atoms with Crippen LogP contribution in [0.3, 0.4) is 0 Å². The number of rotatable bonds is 5. The van der Waals surface area contributed by atoms with Gasteiger partial charge in [-0.25, -0.2) is 9.78 Å². The number of urea groups is 1. The average molecular weight is 358 g/mol. The molecule has 0 atom stereocenters. The molecule has 0 radical (unpaired) electrons. The summed E-state index contributed by atoms with van der Waals surface area (Å²) < 4.78 is 0. The van der Waals surface area contributed by atoms with Crippen molar-refractivity contribution in [3.05, 3.63) is 49.9 Å². The zero-order valence-corrected chi connectivity index (χ0v) is 14.7. The highest BCUT2D eigenvalue weighted by atomic mass is 35.5. The molecule has 2 aromatic rings. The van der Waals surface area contributed by atoms with Crippen molar-refractivity contribution in [2.75, 3.05) is 13.6 Å². The minimum absolute atomic E-state index is 0.145. The Balaban J connectivity index is 1.82. The van der Waals surface area contributed by atoms with Crippen LogP contribution in [0.15, 0.2) is 23.6 Å². The van der Waals surface area contributed by atoms with Crippen molar-refractivity contribution in [1.29, 1.82) is 0 Å². The molecule has 0 saturated heterocycles. The van der Waals surface area contributed by atoms with Crippen LogP contribution in [0.2, 0.25) is 10.0 Å². The monoisotopic (exact) mass is 357 g/mol. The second-order valence-electron chi connectivity index (χ2n) is 4.90. The Morgan fingerprint density at radius 2 is 2.05 bits per heavy atom. The van der Waals surface area contributed by atoms with Crippen molar-refractivity contribution >= 4 is 40.6 Å². The Bertz CT molecular complexity index is 640. The maximum atomic E-state index is 12.0. The lowest BCUT2D eigenvalue weighted by Gasteiger charge is -2.17. The fourth-order valence-corrected chi connectivity index (χ4v) is 3.19. The topological polar surface area (TPSA) is 45.2 Å². The summed E-state index contributed by atoms with van der Waals surface area (Å²) in [4.78, 5) is 18.0. The molecular weight excluding hydrogens is 341 g/mol. The summed E-state index contributed by atoms with van der Waals surface area (Å²) in [5.41, 5.74) is 1.75. The number of halogens is 2. The normalized spacial score (nSPS) is 10.5. The highest BCUT2D eigenvalue weighted by Crippen LogP contribution is 2.24. The molecule has 0 aliphatic rings. The van der Waals surface area contributed by atoms with Crippen molar-refractivity contribution in [1.82, 2.24) is 15.2 Å². The highest BCUT2D eigenvalue weighted by molar-refractivity contribution is 7.09. The number of benzene rings is 1. The minimum atomic E-state index is -0.145. The Hall–Kier alpha value is -1.30. The summed E-state index contributed by atoms with van der Waals surface area (Å²) in [5.74, 6) is 0. The number of hydrogen-bond acceptors (Lipinski definition) is 3. The predicted octanol–water partition coefficient (Wildman–Crippen LogP) is 4.14. The van der Waals surface area contributed by atoms with Gasteiger partial charge in [0.1, 0.15) is 0 Å². The average Bonchev–Trinajstić information content (AvgIpc) is 2.87. The molecule has 0 spiro atoms. The molecule has 2 amide bonds. The van der Waals surface area contributed by atoms with E-state index >= 15 is 0 Å². The van der Waals surface area contributed by atoms with E-state index in [1.54, 1.807) is 41.5 Å². The lowest BCUT2D eigenvalue weighted by Crippen LogP contribution is -2.37. The van der Waals surface area contributed by atoms with Gasteiger partial charge in [-0.05, 0) is 31.0 Å². The Morgan fingerprint density at radius 1 is 1.36 bits per heavy atom. The van der Waals surface area contributed by atoms with E-state index in [9.17, 15) is 4.79 Å². The van der Waals surface area contributed by atoms with Crippen LogP contribution in [-0.4, -0.2) is 29.5 Å². The Morgan fingerprint density at radius 3 is 2.64 bits per heavy atom. The van der Waals surface area contributed by atoms with Crippen molar-refractivity contribution in [2.45, 2.75) is 19.9 Å². The van der Waals surface area contributed by atoms with Crippen LogP contribution >= 0.6 is 34.5 Å². The van der Waals surface area contributed by atoms with Gasteiger partial charge in [0.15, 0.2) is 0 Å². The van der Waals surface area contributed by atoms with Gasteiger partial charge < -0.3 is 10.2 Å². The number of nitrogens with one attached hydrogen (secondary N) is 1. The SMILES string of the molecule is Cc1nc(CN(C)C(=O)NCCc2c(Cl)cccc2Cl)cs1. The second-order valence-corrected chi connectivity index (χ2v) is 6.77. The largest absolute Gasteiger partial charge is 0.338 e. The number of nitrogens with zero attached hydrogens (tertiary/aromatic N) is 2. The van der Waals surface area contributed by atoms with E-state index < -0.39 is 0 Å². The first-order valence-corrected chi connectivity index (χ1v) is 8.44. The van der Waals surface area contributed by atoms with Gasteiger partial charge in [-0.15, -0.1) is 11.3 Å². The summed E-state index contributed by atoms with van der Waals surface area (Å²) in [7, 11) is 1.74. The third-order valence-corrected chi connectivity index (χ3v) is 4.66. The molecule has 0 saturated carbocycles. The summed E-state index contributed by atoms with van der Waals surface area (Å²) in [6, 6.07) is 5.24.